The van der Waals surface area contributed by atoms with Crippen molar-refractivity contribution in [1.29, 1.82) is 0 Å². The van der Waals surface area contributed by atoms with Crippen LogP contribution in [0.25, 0.3) is 32.5 Å². The van der Waals surface area contributed by atoms with E-state index in [1.54, 1.807) is 12.3 Å². The van der Waals surface area contributed by atoms with Crippen molar-refractivity contribution in [2.45, 2.75) is 0 Å². The second-order valence-corrected chi connectivity index (χ2v) is 7.20. The van der Waals surface area contributed by atoms with Crippen molar-refractivity contribution in [2.75, 3.05) is 6.61 Å². The lowest BCUT2D eigenvalue weighted by Gasteiger charge is -2.09. The summed E-state index contributed by atoms with van der Waals surface area (Å²) < 4.78 is 11.4. The Morgan fingerprint density at radius 3 is 2.50 bits per heavy atom. The van der Waals surface area contributed by atoms with Gasteiger partial charge >= 0.3 is 5.91 Å². The molecule has 1 N–H and O–H groups in total. The van der Waals surface area contributed by atoms with Gasteiger partial charge in [0.15, 0.2) is 5.76 Å². The van der Waals surface area contributed by atoms with Gasteiger partial charge in [-0.05, 0) is 39.7 Å². The molecule has 0 saturated carbocycles. The van der Waals surface area contributed by atoms with Crippen LogP contribution in [0.5, 0.6) is 5.75 Å². The molecule has 5 nitrogen and oxygen atoms in total. The summed E-state index contributed by atoms with van der Waals surface area (Å²) in [5, 5.41) is 9.12. The zero-order chi connectivity index (χ0) is 21.9. The highest BCUT2D eigenvalue weighted by atomic mass is 16.5. The summed E-state index contributed by atoms with van der Waals surface area (Å²) in [7, 11) is 0. The van der Waals surface area contributed by atoms with E-state index in [1.807, 2.05) is 72.8 Å². The summed E-state index contributed by atoms with van der Waals surface area (Å²) in [6.07, 6.45) is 6.89. The van der Waals surface area contributed by atoms with Gasteiger partial charge in [-0.15, -0.1) is 6.42 Å². The van der Waals surface area contributed by atoms with E-state index >= 15 is 0 Å². The number of ether oxygens (including phenoxy) is 1. The van der Waals surface area contributed by atoms with Gasteiger partial charge in [-0.25, -0.2) is 5.43 Å². The molecular formula is C27H18N2O3. The second kappa shape index (κ2) is 8.29. The molecule has 1 aromatic heterocycles. The number of benzene rings is 4. The van der Waals surface area contributed by atoms with Gasteiger partial charge in [0.2, 0.25) is 0 Å². The van der Waals surface area contributed by atoms with Gasteiger partial charge in [0, 0.05) is 10.9 Å². The minimum absolute atomic E-state index is 0.137. The molecule has 0 aliphatic rings. The van der Waals surface area contributed by atoms with Crippen molar-refractivity contribution >= 4 is 44.6 Å². The number of nitrogens with zero attached hydrogens (tertiary/aromatic N) is 1. The van der Waals surface area contributed by atoms with E-state index in [0.29, 0.717) is 11.3 Å². The van der Waals surface area contributed by atoms with Gasteiger partial charge in [0.25, 0.3) is 0 Å². The third-order valence-corrected chi connectivity index (χ3v) is 5.25. The van der Waals surface area contributed by atoms with E-state index in [4.69, 9.17) is 15.6 Å². The number of carbonyl (C=O) groups excluding carboxylic acids is 1. The molecule has 154 valence electrons. The molecule has 0 spiro atoms. The van der Waals surface area contributed by atoms with Gasteiger partial charge in [-0.3, -0.25) is 4.79 Å². The molecule has 5 heteroatoms. The Balaban J connectivity index is 1.44. The van der Waals surface area contributed by atoms with Crippen LogP contribution in [-0.4, -0.2) is 18.7 Å². The van der Waals surface area contributed by atoms with E-state index in [0.717, 1.165) is 32.5 Å². The second-order valence-electron chi connectivity index (χ2n) is 7.20. The van der Waals surface area contributed by atoms with Gasteiger partial charge in [0.05, 0.1) is 6.21 Å². The van der Waals surface area contributed by atoms with E-state index in [-0.39, 0.29) is 12.4 Å². The van der Waals surface area contributed by atoms with Crippen LogP contribution in [0.4, 0.5) is 0 Å². The predicted octanol–water partition coefficient (Wildman–Crippen LogP) is 5.52. The fraction of sp³-hybridized carbons (Fsp3) is 0.0370. The third kappa shape index (κ3) is 3.55. The highest BCUT2D eigenvalue weighted by Crippen LogP contribution is 2.29. The average molecular weight is 418 g/mol. The number of rotatable bonds is 5. The molecule has 0 aliphatic carbocycles. The van der Waals surface area contributed by atoms with E-state index in [2.05, 4.69) is 16.4 Å². The lowest BCUT2D eigenvalue weighted by Crippen LogP contribution is -2.16. The first-order valence-corrected chi connectivity index (χ1v) is 10.1. The fourth-order valence-corrected chi connectivity index (χ4v) is 3.77. The normalized spacial score (nSPS) is 11.2. The first-order chi connectivity index (χ1) is 15.7. The molecule has 0 bridgehead atoms. The number of hydrazone groups is 1. The number of fused-ring (bicyclic) bond motifs is 4. The number of amides is 1. The first kappa shape index (κ1) is 19.4. The molecule has 5 rings (SSSR count). The molecule has 0 atom stereocenters. The highest BCUT2D eigenvalue weighted by Gasteiger charge is 2.14. The van der Waals surface area contributed by atoms with Crippen molar-refractivity contribution in [3.63, 3.8) is 0 Å². The van der Waals surface area contributed by atoms with Gasteiger partial charge in [0.1, 0.15) is 17.9 Å². The number of hydrogen-bond donors (Lipinski definition) is 1. The Morgan fingerprint density at radius 2 is 1.69 bits per heavy atom. The number of furan rings is 1. The minimum Gasteiger partial charge on any atom is -0.480 e. The lowest BCUT2D eigenvalue weighted by atomic mass is 10.0. The zero-order valence-electron chi connectivity index (χ0n) is 17.0. The van der Waals surface area contributed by atoms with E-state index in [1.165, 1.54) is 0 Å². The lowest BCUT2D eigenvalue weighted by molar-refractivity contribution is 0.0929. The summed E-state index contributed by atoms with van der Waals surface area (Å²) in [6.45, 7) is 0.137. The first-order valence-electron chi connectivity index (χ1n) is 10.1. The highest BCUT2D eigenvalue weighted by molar-refractivity contribution is 6.09. The topological polar surface area (TPSA) is 63.8 Å². The van der Waals surface area contributed by atoms with Crippen LogP contribution >= 0.6 is 0 Å². The summed E-state index contributed by atoms with van der Waals surface area (Å²) in [5.74, 6) is 2.81. The van der Waals surface area contributed by atoms with Gasteiger partial charge in [-0.2, -0.15) is 5.10 Å². The third-order valence-electron chi connectivity index (χ3n) is 5.25. The van der Waals surface area contributed by atoms with Crippen molar-refractivity contribution in [3.8, 4) is 18.1 Å². The van der Waals surface area contributed by atoms with Crippen LogP contribution < -0.4 is 10.2 Å². The van der Waals surface area contributed by atoms with Crippen molar-refractivity contribution in [2.24, 2.45) is 5.10 Å². The molecule has 5 aromatic rings. The number of terminal acetylenes is 1. The van der Waals surface area contributed by atoms with Crippen molar-refractivity contribution in [3.05, 3.63) is 90.2 Å². The Kier molecular flexibility index (Phi) is 5.03. The number of hydrogen-bond acceptors (Lipinski definition) is 4. The SMILES string of the molecule is C#CCOc1ccc2ccccc2c1/C=N\NC(=O)c1cc2c(ccc3ccccc32)o1. The summed E-state index contributed by atoms with van der Waals surface area (Å²) in [4.78, 5) is 12.7. The quantitative estimate of drug-likeness (QED) is 0.232. The molecule has 32 heavy (non-hydrogen) atoms. The van der Waals surface area contributed by atoms with Crippen molar-refractivity contribution in [1.82, 2.24) is 5.43 Å². The predicted molar refractivity (Wildman–Crippen MR) is 127 cm³/mol. The summed E-state index contributed by atoms with van der Waals surface area (Å²) >= 11 is 0. The molecule has 0 fully saturated rings. The number of carbonyl (C=O) groups is 1. The van der Waals surface area contributed by atoms with Gasteiger partial charge < -0.3 is 9.15 Å². The average Bonchev–Trinajstić information content (AvgIpc) is 3.28. The van der Waals surface area contributed by atoms with Crippen LogP contribution in [0.15, 0.2) is 88.4 Å². The maximum atomic E-state index is 12.7. The molecule has 0 saturated heterocycles. The molecule has 1 heterocycles. The van der Waals surface area contributed by atoms with E-state index < -0.39 is 5.91 Å². The molecule has 0 aliphatic heterocycles. The van der Waals surface area contributed by atoms with E-state index in [9.17, 15) is 4.79 Å². The summed E-state index contributed by atoms with van der Waals surface area (Å²) in [5.41, 5.74) is 3.93. The van der Waals surface area contributed by atoms with Crippen LogP contribution in [0, 0.1) is 12.3 Å². The van der Waals surface area contributed by atoms with Crippen LogP contribution in [0.1, 0.15) is 16.1 Å². The van der Waals surface area contributed by atoms with Crippen LogP contribution in [0.3, 0.4) is 0 Å². The Hall–Kier alpha value is -4.56. The summed E-state index contributed by atoms with van der Waals surface area (Å²) in [6, 6.07) is 25.2. The molecule has 1 amide bonds. The molecule has 4 aromatic carbocycles. The Labute approximate surface area is 184 Å². The van der Waals surface area contributed by atoms with Crippen molar-refractivity contribution < 1.29 is 13.9 Å². The zero-order valence-corrected chi connectivity index (χ0v) is 17.0. The van der Waals surface area contributed by atoms with Gasteiger partial charge in [-0.1, -0.05) is 66.6 Å². The maximum absolute atomic E-state index is 12.7. The smallest absolute Gasteiger partial charge is 0.307 e. The largest absolute Gasteiger partial charge is 0.480 e. The Bertz CT molecular complexity index is 1540. The molecule has 0 radical (unpaired) electrons. The Morgan fingerprint density at radius 1 is 0.969 bits per heavy atom. The minimum atomic E-state index is -0.437. The maximum Gasteiger partial charge on any atom is 0.307 e. The number of nitrogens with one attached hydrogen (secondary N) is 1. The molecule has 0 unspecified atom stereocenters. The standard InChI is InChI=1S/C27H18N2O3/c1-2-15-31-24-13-11-19-8-4-6-10-21(19)23(24)17-28-29-27(30)26-16-22-20-9-5-3-7-18(20)12-14-25(22)32-26/h1,3-14,16-17H,15H2,(H,29,30)/b28-17-. The van der Waals surface area contributed by atoms with Crippen LogP contribution in [-0.2, 0) is 0 Å². The van der Waals surface area contributed by atoms with Crippen LogP contribution in [0.2, 0.25) is 0 Å². The monoisotopic (exact) mass is 418 g/mol. The fourth-order valence-electron chi connectivity index (χ4n) is 3.77. The molecular weight excluding hydrogens is 400 g/mol.